The Bertz CT molecular complexity index is 944. The molecule has 0 aliphatic carbocycles. The van der Waals surface area contributed by atoms with E-state index < -0.39 is 10.9 Å². The lowest BCUT2D eigenvalue weighted by molar-refractivity contribution is -0.384. The van der Waals surface area contributed by atoms with Crippen molar-refractivity contribution in [3.63, 3.8) is 0 Å². The van der Waals surface area contributed by atoms with Crippen LogP contribution in [0.4, 0.5) is 5.69 Å². The van der Waals surface area contributed by atoms with Crippen LogP contribution in [0, 0.1) is 10.1 Å². The Morgan fingerprint density at radius 2 is 2.08 bits per heavy atom. The highest BCUT2D eigenvalue weighted by Gasteiger charge is 2.29. The van der Waals surface area contributed by atoms with Gasteiger partial charge < -0.3 is 9.26 Å². The molecule has 3 aromatic rings. The van der Waals surface area contributed by atoms with Gasteiger partial charge in [-0.2, -0.15) is 10.1 Å². The van der Waals surface area contributed by atoms with E-state index in [1.807, 2.05) is 6.92 Å². The van der Waals surface area contributed by atoms with E-state index in [9.17, 15) is 14.9 Å². The zero-order chi connectivity index (χ0) is 18.7. The van der Waals surface area contributed by atoms with E-state index >= 15 is 0 Å². The maximum atomic E-state index is 11.5. The van der Waals surface area contributed by atoms with Gasteiger partial charge in [-0.3, -0.25) is 15.2 Å². The highest BCUT2D eigenvalue weighted by atomic mass is 16.6. The molecule has 0 saturated carbocycles. The Balaban J connectivity index is 1.93. The fourth-order valence-corrected chi connectivity index (χ4v) is 2.45. The summed E-state index contributed by atoms with van der Waals surface area (Å²) in [6, 6.07) is 6.38. The molecule has 3 rings (SSSR count). The van der Waals surface area contributed by atoms with Gasteiger partial charge in [-0.05, 0) is 18.6 Å². The van der Waals surface area contributed by atoms with Gasteiger partial charge in [0.2, 0.25) is 11.5 Å². The van der Waals surface area contributed by atoms with Crippen LogP contribution in [-0.2, 0) is 11.2 Å². The van der Waals surface area contributed by atoms with Crippen LogP contribution < -0.4 is 0 Å². The van der Waals surface area contributed by atoms with Crippen LogP contribution in [0.1, 0.15) is 29.4 Å². The molecular formula is C16H15N5O5. The van der Waals surface area contributed by atoms with Gasteiger partial charge in [0.1, 0.15) is 5.69 Å². The van der Waals surface area contributed by atoms with Crippen molar-refractivity contribution in [2.45, 2.75) is 19.8 Å². The van der Waals surface area contributed by atoms with Crippen LogP contribution in [0.15, 0.2) is 28.8 Å². The third kappa shape index (κ3) is 3.16. The van der Waals surface area contributed by atoms with Crippen LogP contribution in [0.3, 0.4) is 0 Å². The van der Waals surface area contributed by atoms with E-state index in [0.717, 1.165) is 6.42 Å². The van der Waals surface area contributed by atoms with Crippen LogP contribution in [0.2, 0.25) is 0 Å². The summed E-state index contributed by atoms with van der Waals surface area (Å²) in [7, 11) is 1.30. The quantitative estimate of drug-likeness (QED) is 0.404. The maximum Gasteiger partial charge on any atom is 0.337 e. The van der Waals surface area contributed by atoms with Gasteiger partial charge in [-0.15, -0.1) is 0 Å². The van der Waals surface area contributed by atoms with Gasteiger partial charge in [-0.1, -0.05) is 30.6 Å². The van der Waals surface area contributed by atoms with Gasteiger partial charge in [0.15, 0.2) is 0 Å². The molecule has 2 heterocycles. The van der Waals surface area contributed by atoms with Crippen LogP contribution in [0.5, 0.6) is 0 Å². The van der Waals surface area contributed by atoms with E-state index in [1.165, 1.54) is 7.11 Å². The molecule has 0 aliphatic rings. The number of carbonyl (C=O) groups is 1. The number of rotatable bonds is 6. The number of H-pyrrole nitrogens is 1. The SMILES string of the molecule is CCCc1[nH]nc(-c2nc(-c3ccc(C(=O)OC)cc3)no2)c1[N+](=O)[O-]. The van der Waals surface area contributed by atoms with Crippen molar-refractivity contribution < 1.29 is 19.0 Å². The molecule has 0 unspecified atom stereocenters. The summed E-state index contributed by atoms with van der Waals surface area (Å²) in [6.45, 7) is 1.91. The maximum absolute atomic E-state index is 11.5. The van der Waals surface area contributed by atoms with Crippen molar-refractivity contribution in [2.75, 3.05) is 7.11 Å². The fraction of sp³-hybridized carbons (Fsp3) is 0.250. The molecular weight excluding hydrogens is 342 g/mol. The number of hydrogen-bond donors (Lipinski definition) is 1. The first kappa shape index (κ1) is 17.3. The lowest BCUT2D eigenvalue weighted by Crippen LogP contribution is -2.00. The second-order valence-electron chi connectivity index (χ2n) is 5.40. The number of nitro groups is 1. The minimum atomic E-state index is -0.515. The largest absolute Gasteiger partial charge is 0.465 e. The predicted molar refractivity (Wildman–Crippen MR) is 89.3 cm³/mol. The molecule has 10 nitrogen and oxygen atoms in total. The molecule has 0 fully saturated rings. The molecule has 2 aromatic heterocycles. The van der Waals surface area contributed by atoms with E-state index in [-0.39, 0.29) is 23.1 Å². The molecule has 1 N–H and O–H groups in total. The number of nitrogens with one attached hydrogen (secondary N) is 1. The standard InChI is InChI=1S/C16H15N5O5/c1-3-4-11-13(21(23)24)12(19-18-11)15-17-14(20-26-15)9-5-7-10(8-6-9)16(22)25-2/h5-8H,3-4H2,1-2H3,(H,18,19). The first-order valence-corrected chi connectivity index (χ1v) is 7.79. The number of methoxy groups -OCH3 is 1. The van der Waals surface area contributed by atoms with E-state index in [4.69, 9.17) is 4.52 Å². The Morgan fingerprint density at radius 1 is 1.35 bits per heavy atom. The van der Waals surface area contributed by atoms with E-state index in [0.29, 0.717) is 23.2 Å². The average Bonchev–Trinajstić information content (AvgIpc) is 3.28. The molecule has 0 amide bonds. The van der Waals surface area contributed by atoms with Gasteiger partial charge in [0, 0.05) is 5.56 Å². The normalized spacial score (nSPS) is 10.7. The number of esters is 1. The molecule has 0 bridgehead atoms. The summed E-state index contributed by atoms with van der Waals surface area (Å²) in [5.74, 6) is -0.283. The smallest absolute Gasteiger partial charge is 0.337 e. The molecule has 0 aliphatic heterocycles. The van der Waals surface area contributed by atoms with Gasteiger partial charge in [0.25, 0.3) is 5.89 Å². The minimum absolute atomic E-state index is 0.00313. The van der Waals surface area contributed by atoms with Crippen LogP contribution in [0.25, 0.3) is 23.0 Å². The van der Waals surface area contributed by atoms with E-state index in [1.54, 1.807) is 24.3 Å². The highest BCUT2D eigenvalue weighted by molar-refractivity contribution is 5.89. The zero-order valence-corrected chi connectivity index (χ0v) is 14.1. The van der Waals surface area contributed by atoms with Crippen LogP contribution in [-0.4, -0.2) is 38.3 Å². The van der Waals surface area contributed by atoms with Crippen molar-refractivity contribution in [2.24, 2.45) is 0 Å². The van der Waals surface area contributed by atoms with Gasteiger partial charge in [0.05, 0.1) is 17.6 Å². The number of aromatic amines is 1. The number of aromatic nitrogens is 4. The first-order chi connectivity index (χ1) is 12.5. The number of hydrogen-bond acceptors (Lipinski definition) is 8. The van der Waals surface area contributed by atoms with E-state index in [2.05, 4.69) is 25.1 Å². The van der Waals surface area contributed by atoms with Crippen molar-refractivity contribution in [3.8, 4) is 23.0 Å². The fourth-order valence-electron chi connectivity index (χ4n) is 2.45. The van der Waals surface area contributed by atoms with Crippen LogP contribution >= 0.6 is 0 Å². The van der Waals surface area contributed by atoms with Crippen molar-refractivity contribution >= 4 is 11.7 Å². The average molecular weight is 357 g/mol. The second kappa shape index (κ2) is 7.13. The summed E-state index contributed by atoms with van der Waals surface area (Å²) in [5, 5.41) is 21.8. The topological polar surface area (TPSA) is 137 Å². The Hall–Kier alpha value is -3.56. The number of aryl methyl sites for hydroxylation is 1. The summed E-state index contributed by atoms with van der Waals surface area (Å²) in [6.07, 6.45) is 1.21. The van der Waals surface area contributed by atoms with Crippen molar-refractivity contribution in [3.05, 3.63) is 45.6 Å². The number of carbonyl (C=O) groups excluding carboxylic acids is 1. The summed E-state index contributed by atoms with van der Waals surface area (Å²) in [5.41, 5.74) is 1.22. The molecule has 10 heteroatoms. The molecule has 26 heavy (non-hydrogen) atoms. The molecule has 0 saturated heterocycles. The molecule has 1 aromatic carbocycles. The number of benzene rings is 1. The summed E-state index contributed by atoms with van der Waals surface area (Å²) >= 11 is 0. The Labute approximate surface area is 147 Å². The zero-order valence-electron chi connectivity index (χ0n) is 14.1. The molecule has 0 spiro atoms. The monoisotopic (exact) mass is 357 g/mol. The van der Waals surface area contributed by atoms with Crippen molar-refractivity contribution in [1.29, 1.82) is 0 Å². The van der Waals surface area contributed by atoms with Crippen molar-refractivity contribution in [1.82, 2.24) is 20.3 Å². The third-order valence-electron chi connectivity index (χ3n) is 3.69. The molecule has 0 radical (unpaired) electrons. The number of nitrogens with zero attached hydrogens (tertiary/aromatic N) is 4. The van der Waals surface area contributed by atoms with Gasteiger partial charge >= 0.3 is 11.7 Å². The number of ether oxygens (including phenoxy) is 1. The predicted octanol–water partition coefficient (Wildman–Crippen LogP) is 2.77. The second-order valence-corrected chi connectivity index (χ2v) is 5.40. The highest BCUT2D eigenvalue weighted by Crippen LogP contribution is 2.31. The first-order valence-electron chi connectivity index (χ1n) is 7.79. The molecule has 134 valence electrons. The lowest BCUT2D eigenvalue weighted by atomic mass is 10.1. The Morgan fingerprint density at radius 3 is 2.69 bits per heavy atom. The lowest BCUT2D eigenvalue weighted by Gasteiger charge is -1.99. The Kier molecular flexibility index (Phi) is 4.74. The summed E-state index contributed by atoms with van der Waals surface area (Å²) in [4.78, 5) is 26.5. The minimum Gasteiger partial charge on any atom is -0.465 e. The summed E-state index contributed by atoms with van der Waals surface area (Å²) < 4.78 is 9.78. The molecule has 0 atom stereocenters. The van der Waals surface area contributed by atoms with Gasteiger partial charge in [-0.25, -0.2) is 4.79 Å². The third-order valence-corrected chi connectivity index (χ3v) is 3.69.